The Kier molecular flexibility index (Phi) is 7.17. The first-order valence-electron chi connectivity index (χ1n) is 9.75. The van der Waals surface area contributed by atoms with Crippen molar-refractivity contribution in [3.63, 3.8) is 0 Å². The van der Waals surface area contributed by atoms with Crippen LogP contribution in [-0.2, 0) is 4.79 Å². The molecule has 2 aliphatic rings. The first kappa shape index (κ1) is 19.5. The van der Waals surface area contributed by atoms with E-state index >= 15 is 0 Å². The molecule has 5 nitrogen and oxygen atoms in total. The molecule has 2 saturated heterocycles. The minimum absolute atomic E-state index is 0.299. The molecule has 0 radical (unpaired) electrons. The average molecular weight is 380 g/mol. The molecule has 2 fully saturated rings. The summed E-state index contributed by atoms with van der Waals surface area (Å²) in [4.78, 5) is 19.3. The highest BCUT2D eigenvalue weighted by Gasteiger charge is 2.26. The standard InChI is InChI=1S/C20H30ClN3O2/c1-17-6-4-5-9-24(17)20(25)16-23-12-10-22(11-13-23)14-15-26-19-8-3-2-7-18(19)21/h2-3,7-8,17H,4-6,9-16H2,1H3. The van der Waals surface area contributed by atoms with E-state index in [2.05, 4.69) is 21.6 Å². The minimum atomic E-state index is 0.299. The fraction of sp³-hybridized carbons (Fsp3) is 0.650. The summed E-state index contributed by atoms with van der Waals surface area (Å²) in [6, 6.07) is 7.98. The number of piperazine rings is 1. The number of carbonyl (C=O) groups is 1. The molecule has 0 aromatic heterocycles. The van der Waals surface area contributed by atoms with Crippen LogP contribution in [0.2, 0.25) is 5.02 Å². The van der Waals surface area contributed by atoms with Gasteiger partial charge >= 0.3 is 0 Å². The van der Waals surface area contributed by atoms with E-state index in [1.165, 1.54) is 6.42 Å². The van der Waals surface area contributed by atoms with Crippen LogP contribution in [0.15, 0.2) is 24.3 Å². The number of piperidine rings is 1. The van der Waals surface area contributed by atoms with Crippen molar-refractivity contribution in [2.24, 2.45) is 0 Å². The van der Waals surface area contributed by atoms with Gasteiger partial charge in [-0.1, -0.05) is 23.7 Å². The van der Waals surface area contributed by atoms with Crippen LogP contribution < -0.4 is 4.74 Å². The summed E-state index contributed by atoms with van der Waals surface area (Å²) < 4.78 is 5.77. The second-order valence-corrected chi connectivity index (χ2v) is 7.74. The third kappa shape index (κ3) is 5.35. The quantitative estimate of drug-likeness (QED) is 0.761. The van der Waals surface area contributed by atoms with Crippen LogP contribution in [-0.4, -0.2) is 79.1 Å². The lowest BCUT2D eigenvalue weighted by atomic mass is 10.0. The van der Waals surface area contributed by atoms with Crippen LogP contribution in [0.5, 0.6) is 5.75 Å². The van der Waals surface area contributed by atoms with Gasteiger partial charge in [-0.05, 0) is 38.3 Å². The molecule has 2 heterocycles. The van der Waals surface area contributed by atoms with Crippen LogP contribution >= 0.6 is 11.6 Å². The Morgan fingerprint density at radius 3 is 2.58 bits per heavy atom. The van der Waals surface area contributed by atoms with Crippen LogP contribution in [0.4, 0.5) is 0 Å². The van der Waals surface area contributed by atoms with Gasteiger partial charge in [0.2, 0.25) is 5.91 Å². The first-order chi connectivity index (χ1) is 12.6. The summed E-state index contributed by atoms with van der Waals surface area (Å²) in [5, 5.41) is 0.655. The van der Waals surface area contributed by atoms with Crippen molar-refractivity contribution >= 4 is 17.5 Å². The second-order valence-electron chi connectivity index (χ2n) is 7.33. The van der Waals surface area contributed by atoms with Gasteiger partial charge in [-0.3, -0.25) is 14.6 Å². The highest BCUT2D eigenvalue weighted by Crippen LogP contribution is 2.23. The zero-order chi connectivity index (χ0) is 18.4. The Morgan fingerprint density at radius 1 is 1.12 bits per heavy atom. The van der Waals surface area contributed by atoms with E-state index < -0.39 is 0 Å². The number of amides is 1. The van der Waals surface area contributed by atoms with Crippen molar-refractivity contribution in [2.75, 3.05) is 52.4 Å². The van der Waals surface area contributed by atoms with Gasteiger partial charge in [0, 0.05) is 45.3 Å². The van der Waals surface area contributed by atoms with Gasteiger partial charge in [0.1, 0.15) is 12.4 Å². The van der Waals surface area contributed by atoms with Crippen molar-refractivity contribution in [2.45, 2.75) is 32.2 Å². The molecule has 1 aromatic rings. The summed E-state index contributed by atoms with van der Waals surface area (Å²) in [6.45, 7) is 9.04. The third-order valence-electron chi connectivity index (χ3n) is 5.45. The van der Waals surface area contributed by atoms with Crippen LogP contribution in [0, 0.1) is 0 Å². The van der Waals surface area contributed by atoms with Crippen LogP contribution in [0.3, 0.4) is 0 Å². The van der Waals surface area contributed by atoms with E-state index in [9.17, 15) is 4.79 Å². The molecule has 6 heteroatoms. The fourth-order valence-electron chi connectivity index (χ4n) is 3.77. The zero-order valence-corrected chi connectivity index (χ0v) is 16.5. The van der Waals surface area contributed by atoms with Gasteiger partial charge in [0.25, 0.3) is 0 Å². The summed E-state index contributed by atoms with van der Waals surface area (Å²) in [5.74, 6) is 1.04. The van der Waals surface area contributed by atoms with Crippen molar-refractivity contribution in [1.82, 2.24) is 14.7 Å². The molecule has 1 atom stereocenters. The number of carbonyl (C=O) groups excluding carboxylic acids is 1. The number of nitrogens with zero attached hydrogens (tertiary/aromatic N) is 3. The normalized spacial score (nSPS) is 22.4. The summed E-state index contributed by atoms with van der Waals surface area (Å²) in [7, 11) is 0. The van der Waals surface area contributed by atoms with Crippen molar-refractivity contribution in [3.8, 4) is 5.75 Å². The molecule has 144 valence electrons. The summed E-state index contributed by atoms with van der Waals surface area (Å²) >= 11 is 6.11. The predicted octanol–water partition coefficient (Wildman–Crippen LogP) is 2.74. The Balaban J connectivity index is 1.35. The van der Waals surface area contributed by atoms with E-state index in [-0.39, 0.29) is 0 Å². The molecule has 3 rings (SSSR count). The summed E-state index contributed by atoms with van der Waals surface area (Å²) in [6.07, 6.45) is 3.54. The molecule has 0 saturated carbocycles. The maximum atomic E-state index is 12.6. The Labute approximate surface area is 161 Å². The maximum Gasteiger partial charge on any atom is 0.236 e. The Morgan fingerprint density at radius 2 is 1.85 bits per heavy atom. The van der Waals surface area contributed by atoms with Crippen molar-refractivity contribution in [1.29, 1.82) is 0 Å². The van der Waals surface area contributed by atoms with E-state index in [4.69, 9.17) is 16.3 Å². The maximum absolute atomic E-state index is 12.6. The predicted molar refractivity (Wildman–Crippen MR) is 105 cm³/mol. The molecule has 0 bridgehead atoms. The van der Waals surface area contributed by atoms with Gasteiger partial charge < -0.3 is 9.64 Å². The molecule has 26 heavy (non-hydrogen) atoms. The number of para-hydroxylation sites is 1. The lowest BCUT2D eigenvalue weighted by molar-refractivity contribution is -0.136. The van der Waals surface area contributed by atoms with Gasteiger partial charge in [0.15, 0.2) is 0 Å². The molecular weight excluding hydrogens is 350 g/mol. The van der Waals surface area contributed by atoms with E-state index in [1.54, 1.807) is 0 Å². The molecule has 2 aliphatic heterocycles. The van der Waals surface area contributed by atoms with Gasteiger partial charge in [-0.25, -0.2) is 0 Å². The molecule has 0 N–H and O–H groups in total. The highest BCUT2D eigenvalue weighted by molar-refractivity contribution is 6.32. The molecule has 1 aromatic carbocycles. The lowest BCUT2D eigenvalue weighted by Crippen LogP contribution is -2.52. The Hall–Kier alpha value is -1.30. The smallest absolute Gasteiger partial charge is 0.236 e. The molecular formula is C20H30ClN3O2. The van der Waals surface area contributed by atoms with Crippen molar-refractivity contribution in [3.05, 3.63) is 29.3 Å². The fourth-order valence-corrected chi connectivity index (χ4v) is 3.96. The lowest BCUT2D eigenvalue weighted by Gasteiger charge is -2.38. The molecule has 0 spiro atoms. The highest BCUT2D eigenvalue weighted by atomic mass is 35.5. The molecule has 1 unspecified atom stereocenters. The van der Waals surface area contributed by atoms with Crippen LogP contribution in [0.1, 0.15) is 26.2 Å². The number of halogens is 1. The molecule has 1 amide bonds. The molecule has 0 aliphatic carbocycles. The summed E-state index contributed by atoms with van der Waals surface area (Å²) in [5.41, 5.74) is 0. The Bertz CT molecular complexity index is 590. The SMILES string of the molecule is CC1CCCCN1C(=O)CN1CCN(CCOc2ccccc2Cl)CC1. The zero-order valence-electron chi connectivity index (χ0n) is 15.7. The number of likely N-dealkylation sites (tertiary alicyclic amines) is 1. The van der Waals surface area contributed by atoms with E-state index in [0.29, 0.717) is 30.1 Å². The minimum Gasteiger partial charge on any atom is -0.491 e. The van der Waals surface area contributed by atoms with Crippen LogP contribution in [0.25, 0.3) is 0 Å². The first-order valence-corrected chi connectivity index (χ1v) is 10.1. The number of ether oxygens (including phenoxy) is 1. The van der Waals surface area contributed by atoms with Gasteiger partial charge in [0.05, 0.1) is 11.6 Å². The number of rotatable bonds is 6. The van der Waals surface area contributed by atoms with Gasteiger partial charge in [-0.2, -0.15) is 0 Å². The number of benzene rings is 1. The third-order valence-corrected chi connectivity index (χ3v) is 5.76. The van der Waals surface area contributed by atoms with E-state index in [0.717, 1.165) is 57.9 Å². The number of hydrogen-bond acceptors (Lipinski definition) is 4. The van der Waals surface area contributed by atoms with Crippen molar-refractivity contribution < 1.29 is 9.53 Å². The van der Waals surface area contributed by atoms with E-state index in [1.807, 2.05) is 24.3 Å². The largest absolute Gasteiger partial charge is 0.491 e. The topological polar surface area (TPSA) is 36.0 Å². The second kappa shape index (κ2) is 9.58. The average Bonchev–Trinajstić information content (AvgIpc) is 2.65. The number of hydrogen-bond donors (Lipinski definition) is 0. The monoisotopic (exact) mass is 379 g/mol. The van der Waals surface area contributed by atoms with Gasteiger partial charge in [-0.15, -0.1) is 0 Å².